The summed E-state index contributed by atoms with van der Waals surface area (Å²) in [6, 6.07) is 5.89. The zero-order valence-electron chi connectivity index (χ0n) is 7.91. The van der Waals surface area contributed by atoms with Gasteiger partial charge in [0.05, 0.1) is 18.1 Å². The maximum Gasteiger partial charge on any atom is 0.137 e. The van der Waals surface area contributed by atoms with Gasteiger partial charge in [-0.2, -0.15) is 0 Å². The molecular weight excluding hydrogens is 188 g/mol. The van der Waals surface area contributed by atoms with Crippen molar-refractivity contribution in [1.29, 1.82) is 0 Å². The topological polar surface area (TPSA) is 43.1 Å². The minimum Gasteiger partial charge on any atom is -0.298 e. The third-order valence-corrected chi connectivity index (χ3v) is 2.24. The average Bonchev–Trinajstić information content (AvgIpc) is 2.74. The van der Waals surface area contributed by atoms with Crippen molar-refractivity contribution in [2.45, 2.75) is 0 Å². The molecule has 0 aliphatic carbocycles. The lowest BCUT2D eigenvalue weighted by Crippen LogP contribution is -1.89. The first-order chi connectivity index (χ1) is 7.45. The molecule has 0 spiro atoms. The van der Waals surface area contributed by atoms with Crippen LogP contribution in [-0.2, 0) is 0 Å². The van der Waals surface area contributed by atoms with E-state index < -0.39 is 0 Å². The molecule has 4 nitrogen and oxygen atoms in total. The molecule has 0 aliphatic heterocycles. The standard InChI is InChI=1S/C11H8N4/c1-2-6-15-10(8-14-11(15)3-1)9-7-12-4-5-13-9/h1-8H. The third-order valence-electron chi connectivity index (χ3n) is 2.24. The summed E-state index contributed by atoms with van der Waals surface area (Å²) < 4.78 is 1.99. The number of nitrogens with zero attached hydrogens (tertiary/aromatic N) is 4. The summed E-state index contributed by atoms with van der Waals surface area (Å²) in [6.45, 7) is 0. The summed E-state index contributed by atoms with van der Waals surface area (Å²) in [5.41, 5.74) is 2.70. The quantitative estimate of drug-likeness (QED) is 0.596. The molecule has 0 aliphatic rings. The van der Waals surface area contributed by atoms with Crippen molar-refractivity contribution in [2.24, 2.45) is 0 Å². The third kappa shape index (κ3) is 1.27. The van der Waals surface area contributed by atoms with Crippen LogP contribution in [0.2, 0.25) is 0 Å². The second kappa shape index (κ2) is 3.16. The van der Waals surface area contributed by atoms with Crippen molar-refractivity contribution < 1.29 is 0 Å². The van der Waals surface area contributed by atoms with Crippen molar-refractivity contribution in [3.05, 3.63) is 49.2 Å². The Hall–Kier alpha value is -2.23. The van der Waals surface area contributed by atoms with Gasteiger partial charge in [0.1, 0.15) is 11.3 Å². The molecule has 4 heteroatoms. The highest BCUT2D eigenvalue weighted by molar-refractivity contribution is 5.58. The van der Waals surface area contributed by atoms with Crippen LogP contribution in [0.25, 0.3) is 17.0 Å². The zero-order valence-corrected chi connectivity index (χ0v) is 7.91. The molecule has 0 amide bonds. The molecule has 3 aromatic heterocycles. The maximum absolute atomic E-state index is 4.29. The Kier molecular flexibility index (Phi) is 1.71. The second-order valence-corrected chi connectivity index (χ2v) is 3.16. The fraction of sp³-hybridized carbons (Fsp3) is 0. The van der Waals surface area contributed by atoms with Crippen molar-refractivity contribution in [2.75, 3.05) is 0 Å². The first-order valence-corrected chi connectivity index (χ1v) is 4.63. The zero-order chi connectivity index (χ0) is 10.1. The Bertz CT molecular complexity index is 586. The van der Waals surface area contributed by atoms with Gasteiger partial charge in [-0.15, -0.1) is 0 Å². The van der Waals surface area contributed by atoms with E-state index in [-0.39, 0.29) is 0 Å². The molecule has 0 unspecified atom stereocenters. The Morgan fingerprint density at radius 2 is 2.00 bits per heavy atom. The fourth-order valence-electron chi connectivity index (χ4n) is 1.55. The highest BCUT2D eigenvalue weighted by Crippen LogP contribution is 2.16. The molecular formula is C11H8N4. The van der Waals surface area contributed by atoms with Crippen molar-refractivity contribution in [3.63, 3.8) is 0 Å². The van der Waals surface area contributed by atoms with E-state index >= 15 is 0 Å². The summed E-state index contributed by atoms with van der Waals surface area (Å²) >= 11 is 0. The largest absolute Gasteiger partial charge is 0.298 e. The minimum absolute atomic E-state index is 0.830. The van der Waals surface area contributed by atoms with E-state index in [0.29, 0.717) is 0 Å². The molecule has 3 rings (SSSR count). The molecule has 0 radical (unpaired) electrons. The molecule has 0 saturated carbocycles. The molecule has 0 atom stereocenters. The van der Waals surface area contributed by atoms with E-state index in [1.165, 1.54) is 0 Å². The number of pyridine rings is 1. The van der Waals surface area contributed by atoms with Gasteiger partial charge in [-0.05, 0) is 12.1 Å². The molecule has 0 fully saturated rings. The molecule has 0 N–H and O–H groups in total. The molecule has 72 valence electrons. The molecule has 15 heavy (non-hydrogen) atoms. The Morgan fingerprint density at radius 1 is 1.00 bits per heavy atom. The number of hydrogen-bond acceptors (Lipinski definition) is 3. The molecule has 0 bridgehead atoms. The summed E-state index contributed by atoms with van der Waals surface area (Å²) in [7, 11) is 0. The highest BCUT2D eigenvalue weighted by Gasteiger charge is 2.05. The average molecular weight is 196 g/mol. The lowest BCUT2D eigenvalue weighted by atomic mass is 10.3. The van der Waals surface area contributed by atoms with Crippen LogP contribution in [0.15, 0.2) is 49.2 Å². The van der Waals surface area contributed by atoms with Gasteiger partial charge >= 0.3 is 0 Å². The monoisotopic (exact) mass is 196 g/mol. The maximum atomic E-state index is 4.29. The van der Waals surface area contributed by atoms with Gasteiger partial charge in [0.25, 0.3) is 0 Å². The number of imidazole rings is 1. The number of rotatable bonds is 1. The van der Waals surface area contributed by atoms with E-state index in [9.17, 15) is 0 Å². The predicted molar refractivity (Wildman–Crippen MR) is 56.2 cm³/mol. The van der Waals surface area contributed by atoms with Crippen LogP contribution in [-0.4, -0.2) is 19.4 Å². The van der Waals surface area contributed by atoms with E-state index in [0.717, 1.165) is 17.0 Å². The second-order valence-electron chi connectivity index (χ2n) is 3.16. The summed E-state index contributed by atoms with van der Waals surface area (Å²) in [4.78, 5) is 12.6. The fourth-order valence-corrected chi connectivity index (χ4v) is 1.55. The van der Waals surface area contributed by atoms with Crippen LogP contribution in [0.1, 0.15) is 0 Å². The van der Waals surface area contributed by atoms with Gasteiger partial charge < -0.3 is 0 Å². The van der Waals surface area contributed by atoms with Gasteiger partial charge in [-0.1, -0.05) is 6.07 Å². The van der Waals surface area contributed by atoms with E-state index in [4.69, 9.17) is 0 Å². The van der Waals surface area contributed by atoms with E-state index in [2.05, 4.69) is 15.0 Å². The van der Waals surface area contributed by atoms with Gasteiger partial charge in [0.15, 0.2) is 0 Å². The van der Waals surface area contributed by atoms with Crippen LogP contribution in [0.4, 0.5) is 0 Å². The molecule has 0 aromatic carbocycles. The van der Waals surface area contributed by atoms with Crippen LogP contribution in [0.3, 0.4) is 0 Å². The van der Waals surface area contributed by atoms with Crippen LogP contribution in [0, 0.1) is 0 Å². The van der Waals surface area contributed by atoms with Crippen LogP contribution in [0.5, 0.6) is 0 Å². The lowest BCUT2D eigenvalue weighted by molar-refractivity contribution is 1.14. The number of aromatic nitrogens is 4. The van der Waals surface area contributed by atoms with Gasteiger partial charge in [-0.3, -0.25) is 14.4 Å². The Morgan fingerprint density at radius 3 is 2.87 bits per heavy atom. The lowest BCUT2D eigenvalue weighted by Gasteiger charge is -1.98. The molecule has 3 heterocycles. The smallest absolute Gasteiger partial charge is 0.137 e. The normalized spacial score (nSPS) is 10.7. The summed E-state index contributed by atoms with van der Waals surface area (Å²) in [6.07, 6.45) is 8.84. The van der Waals surface area contributed by atoms with Crippen LogP contribution >= 0.6 is 0 Å². The van der Waals surface area contributed by atoms with E-state index in [1.807, 2.05) is 28.8 Å². The molecule has 0 saturated heterocycles. The Labute approximate surface area is 86.3 Å². The molecule has 3 aromatic rings. The minimum atomic E-state index is 0.830. The SMILES string of the molecule is c1ccn2c(-c3cnccn3)cnc2c1. The predicted octanol–water partition coefficient (Wildman–Crippen LogP) is 1.79. The van der Waals surface area contributed by atoms with Crippen LogP contribution < -0.4 is 0 Å². The van der Waals surface area contributed by atoms with E-state index in [1.54, 1.807) is 24.8 Å². The van der Waals surface area contributed by atoms with Gasteiger partial charge in [0.2, 0.25) is 0 Å². The highest BCUT2D eigenvalue weighted by atomic mass is 15.0. The summed E-state index contributed by atoms with van der Waals surface area (Å²) in [5.74, 6) is 0. The van der Waals surface area contributed by atoms with Crippen molar-refractivity contribution in [1.82, 2.24) is 19.4 Å². The first-order valence-electron chi connectivity index (χ1n) is 4.63. The van der Waals surface area contributed by atoms with Crippen molar-refractivity contribution >= 4 is 5.65 Å². The van der Waals surface area contributed by atoms with Gasteiger partial charge in [0, 0.05) is 18.6 Å². The van der Waals surface area contributed by atoms with Gasteiger partial charge in [-0.25, -0.2) is 4.98 Å². The Balaban J connectivity index is 2.28. The number of fused-ring (bicyclic) bond motifs is 1. The van der Waals surface area contributed by atoms with Crippen molar-refractivity contribution in [3.8, 4) is 11.4 Å². The summed E-state index contributed by atoms with van der Waals surface area (Å²) in [5, 5.41) is 0. The number of hydrogen-bond donors (Lipinski definition) is 0. The first kappa shape index (κ1) is 8.11.